The van der Waals surface area contributed by atoms with Crippen LogP contribution >= 0.6 is 27.3 Å². The highest BCUT2D eigenvalue weighted by Gasteiger charge is 2.10. The number of aryl methyl sites for hydroxylation is 1. The minimum absolute atomic E-state index is 0.116. The van der Waals surface area contributed by atoms with Crippen molar-refractivity contribution >= 4 is 39.1 Å². The minimum Gasteiger partial charge on any atom is -0.338 e. The number of thiophene rings is 1. The number of hydrogen-bond donors (Lipinski definition) is 1. The lowest BCUT2D eigenvalue weighted by Crippen LogP contribution is -2.29. The van der Waals surface area contributed by atoms with Gasteiger partial charge in [-0.05, 0) is 36.0 Å². The lowest BCUT2D eigenvalue weighted by atomic mass is 10.4. The topological polar surface area (TPSA) is 58.4 Å². The Morgan fingerprint density at radius 1 is 1.58 bits per heavy atom. The van der Waals surface area contributed by atoms with E-state index in [0.29, 0.717) is 12.4 Å². The molecule has 0 atom stereocenters. The average Bonchev–Trinajstić information content (AvgIpc) is 2.87. The van der Waals surface area contributed by atoms with Gasteiger partial charge < -0.3 is 4.52 Å². The van der Waals surface area contributed by atoms with Gasteiger partial charge in [-0.2, -0.15) is 0 Å². The number of anilines is 1. The summed E-state index contributed by atoms with van der Waals surface area (Å²) in [6.07, 6.45) is 0. The van der Waals surface area contributed by atoms with Gasteiger partial charge in [0, 0.05) is 27.3 Å². The van der Waals surface area contributed by atoms with Gasteiger partial charge in [-0.25, -0.2) is 0 Å². The number of hydrogen-bond acceptors (Lipinski definition) is 5. The van der Waals surface area contributed by atoms with Crippen LogP contribution in [0.2, 0.25) is 0 Å². The quantitative estimate of drug-likeness (QED) is 0.906. The Balaban J connectivity index is 1.81. The van der Waals surface area contributed by atoms with Gasteiger partial charge in [-0.1, -0.05) is 5.16 Å². The maximum absolute atomic E-state index is 11.8. The monoisotopic (exact) mass is 343 g/mol. The van der Waals surface area contributed by atoms with Crippen molar-refractivity contribution < 1.29 is 9.32 Å². The Kier molecular flexibility index (Phi) is 4.73. The maximum atomic E-state index is 11.8. The number of carbonyl (C=O) groups excluding carboxylic acids is 1. The largest absolute Gasteiger partial charge is 0.338 e. The molecule has 2 aromatic rings. The summed E-state index contributed by atoms with van der Waals surface area (Å²) < 4.78 is 6.01. The van der Waals surface area contributed by atoms with Crippen LogP contribution in [-0.4, -0.2) is 29.6 Å². The number of halogens is 1. The SMILES string of the molecule is Cc1cc(NC(=O)CN(C)Cc2cc(Br)cs2)on1. The summed E-state index contributed by atoms with van der Waals surface area (Å²) in [5.41, 5.74) is 0.743. The van der Waals surface area contributed by atoms with Crippen molar-refractivity contribution in [1.29, 1.82) is 0 Å². The van der Waals surface area contributed by atoms with E-state index in [4.69, 9.17) is 4.52 Å². The highest BCUT2D eigenvalue weighted by Crippen LogP contribution is 2.20. The summed E-state index contributed by atoms with van der Waals surface area (Å²) in [4.78, 5) is 14.9. The third kappa shape index (κ3) is 4.45. The third-order valence-electron chi connectivity index (χ3n) is 2.35. The summed E-state index contributed by atoms with van der Waals surface area (Å²) in [6.45, 7) is 2.84. The molecule has 0 aromatic carbocycles. The van der Waals surface area contributed by atoms with Crippen LogP contribution in [0.25, 0.3) is 0 Å². The van der Waals surface area contributed by atoms with Crippen LogP contribution < -0.4 is 5.32 Å². The lowest BCUT2D eigenvalue weighted by molar-refractivity contribution is -0.117. The van der Waals surface area contributed by atoms with Gasteiger partial charge in [0.25, 0.3) is 0 Å². The standard InChI is InChI=1S/C12H14BrN3O2S/c1-8-3-12(18-15-8)14-11(17)6-16(2)5-10-4-9(13)7-19-10/h3-4,7H,5-6H2,1-2H3,(H,14,17). The predicted octanol–water partition coefficient (Wildman–Crippen LogP) is 2.88. The van der Waals surface area contributed by atoms with Gasteiger partial charge in [0.1, 0.15) is 0 Å². The van der Waals surface area contributed by atoms with E-state index in [1.54, 1.807) is 24.3 Å². The van der Waals surface area contributed by atoms with Crippen LogP contribution in [0.3, 0.4) is 0 Å². The fourth-order valence-corrected chi connectivity index (χ4v) is 3.13. The van der Waals surface area contributed by atoms with Crippen LogP contribution in [0.1, 0.15) is 10.6 Å². The normalized spacial score (nSPS) is 10.9. The van der Waals surface area contributed by atoms with Crippen molar-refractivity contribution in [2.24, 2.45) is 0 Å². The number of nitrogens with zero attached hydrogens (tertiary/aromatic N) is 2. The van der Waals surface area contributed by atoms with Crippen molar-refractivity contribution in [3.63, 3.8) is 0 Å². The van der Waals surface area contributed by atoms with E-state index in [1.165, 1.54) is 4.88 Å². The molecule has 2 rings (SSSR count). The van der Waals surface area contributed by atoms with E-state index in [-0.39, 0.29) is 5.91 Å². The maximum Gasteiger partial charge on any atom is 0.240 e. The zero-order chi connectivity index (χ0) is 13.8. The van der Waals surface area contributed by atoms with E-state index in [1.807, 2.05) is 17.3 Å². The first-order valence-electron chi connectivity index (χ1n) is 5.67. The van der Waals surface area contributed by atoms with Crippen molar-refractivity contribution in [1.82, 2.24) is 10.1 Å². The van der Waals surface area contributed by atoms with Gasteiger partial charge in [0.05, 0.1) is 12.2 Å². The zero-order valence-corrected chi connectivity index (χ0v) is 13.0. The second-order valence-corrected chi connectivity index (χ2v) is 6.20. The molecule has 102 valence electrons. The van der Waals surface area contributed by atoms with Gasteiger partial charge in [-0.3, -0.25) is 15.0 Å². The summed E-state index contributed by atoms with van der Waals surface area (Å²) in [5, 5.41) is 8.41. The highest BCUT2D eigenvalue weighted by molar-refractivity contribution is 9.10. The van der Waals surface area contributed by atoms with Crippen LogP contribution in [0, 0.1) is 6.92 Å². The fourth-order valence-electron chi connectivity index (χ4n) is 1.60. The lowest BCUT2D eigenvalue weighted by Gasteiger charge is -2.14. The van der Waals surface area contributed by atoms with E-state index >= 15 is 0 Å². The molecular weight excluding hydrogens is 330 g/mol. The molecule has 5 nitrogen and oxygen atoms in total. The Bertz CT molecular complexity index is 567. The second kappa shape index (κ2) is 6.31. The predicted molar refractivity (Wildman–Crippen MR) is 78.2 cm³/mol. The Morgan fingerprint density at radius 3 is 2.95 bits per heavy atom. The third-order valence-corrected chi connectivity index (χ3v) is 4.03. The second-order valence-electron chi connectivity index (χ2n) is 4.28. The molecular formula is C12H14BrN3O2S. The van der Waals surface area contributed by atoms with Crippen LogP contribution in [0.5, 0.6) is 0 Å². The summed E-state index contributed by atoms with van der Waals surface area (Å²) in [6, 6.07) is 3.74. The van der Waals surface area contributed by atoms with Crippen LogP contribution in [0.15, 0.2) is 26.5 Å². The fraction of sp³-hybridized carbons (Fsp3) is 0.333. The number of likely N-dealkylation sites (N-methyl/N-ethyl adjacent to an activating group) is 1. The summed E-state index contributed by atoms with van der Waals surface area (Å²) >= 11 is 5.08. The molecule has 0 aliphatic heterocycles. The smallest absolute Gasteiger partial charge is 0.240 e. The Hall–Kier alpha value is -1.18. The molecule has 2 aromatic heterocycles. The van der Waals surface area contributed by atoms with E-state index in [2.05, 4.69) is 32.5 Å². The van der Waals surface area contributed by atoms with Crippen molar-refractivity contribution in [3.05, 3.63) is 32.6 Å². The molecule has 0 spiro atoms. The Labute approximate surface area is 123 Å². The van der Waals surface area contributed by atoms with E-state index in [9.17, 15) is 4.79 Å². The minimum atomic E-state index is -0.116. The first-order valence-corrected chi connectivity index (χ1v) is 7.35. The number of aromatic nitrogens is 1. The first-order chi connectivity index (χ1) is 9.02. The molecule has 0 fully saturated rings. The van der Waals surface area contributed by atoms with E-state index < -0.39 is 0 Å². The summed E-state index contributed by atoms with van der Waals surface area (Å²) in [5.74, 6) is 0.268. The number of amides is 1. The number of carbonyl (C=O) groups is 1. The highest BCUT2D eigenvalue weighted by atomic mass is 79.9. The first kappa shape index (κ1) is 14.2. The summed E-state index contributed by atoms with van der Waals surface area (Å²) in [7, 11) is 1.90. The molecule has 1 N–H and O–H groups in total. The zero-order valence-electron chi connectivity index (χ0n) is 10.6. The molecule has 0 bridgehead atoms. The molecule has 0 saturated heterocycles. The van der Waals surface area contributed by atoms with Crippen LogP contribution in [0.4, 0.5) is 5.88 Å². The molecule has 1 amide bonds. The van der Waals surface area contributed by atoms with Crippen LogP contribution in [-0.2, 0) is 11.3 Å². The van der Waals surface area contributed by atoms with E-state index in [0.717, 1.165) is 16.7 Å². The number of rotatable bonds is 5. The molecule has 0 aliphatic rings. The van der Waals surface area contributed by atoms with Crippen molar-refractivity contribution in [2.45, 2.75) is 13.5 Å². The molecule has 0 unspecified atom stereocenters. The average molecular weight is 344 g/mol. The van der Waals surface area contributed by atoms with Crippen molar-refractivity contribution in [2.75, 3.05) is 18.9 Å². The molecule has 0 aliphatic carbocycles. The Morgan fingerprint density at radius 2 is 2.37 bits per heavy atom. The van der Waals surface area contributed by atoms with Crippen molar-refractivity contribution in [3.8, 4) is 0 Å². The molecule has 0 saturated carbocycles. The van der Waals surface area contributed by atoms with Gasteiger partial charge in [-0.15, -0.1) is 11.3 Å². The molecule has 7 heteroatoms. The molecule has 2 heterocycles. The van der Waals surface area contributed by atoms with Gasteiger partial charge >= 0.3 is 0 Å². The molecule has 19 heavy (non-hydrogen) atoms. The van der Waals surface area contributed by atoms with Gasteiger partial charge in [0.2, 0.25) is 11.8 Å². The van der Waals surface area contributed by atoms with Gasteiger partial charge in [0.15, 0.2) is 0 Å². The number of nitrogens with one attached hydrogen (secondary N) is 1. The molecule has 0 radical (unpaired) electrons.